The van der Waals surface area contributed by atoms with E-state index in [1.54, 1.807) is 11.4 Å². The summed E-state index contributed by atoms with van der Waals surface area (Å²) in [7, 11) is 5.93. The van der Waals surface area contributed by atoms with Crippen molar-refractivity contribution in [2.24, 2.45) is 0 Å². The second-order valence-corrected chi connectivity index (χ2v) is 10.7. The fourth-order valence-corrected chi connectivity index (χ4v) is 7.44. The maximum Gasteiger partial charge on any atom is 0.134 e. The molecule has 1 fully saturated rings. The van der Waals surface area contributed by atoms with E-state index in [1.807, 2.05) is 21.1 Å². The molecule has 0 N–H and O–H groups in total. The molecule has 3 atom stereocenters. The smallest absolute Gasteiger partial charge is 0.134 e. The summed E-state index contributed by atoms with van der Waals surface area (Å²) in [4.78, 5) is 0. The lowest BCUT2D eigenvalue weighted by atomic mass is 10.2. The van der Waals surface area contributed by atoms with Crippen LogP contribution in [-0.2, 0) is 11.8 Å². The van der Waals surface area contributed by atoms with Gasteiger partial charge >= 0.3 is 0 Å². The predicted molar refractivity (Wildman–Crippen MR) is 68.6 cm³/mol. The van der Waals surface area contributed by atoms with Gasteiger partial charge in [-0.3, -0.25) is 4.67 Å². The Morgan fingerprint density at radius 2 is 2.00 bits per heavy atom. The van der Waals surface area contributed by atoms with Crippen molar-refractivity contribution in [2.45, 2.75) is 11.3 Å². The fraction of sp³-hybridized carbons (Fsp3) is 0.556. The molecule has 1 rings (SSSR count). The molecule has 0 aromatic heterocycles. The largest absolute Gasteiger partial charge is 0.262 e. The SMILES string of the molecule is C#CC1SP(=S)(N(C)C)N(C)C1C#C. The van der Waals surface area contributed by atoms with E-state index in [0.29, 0.717) is 0 Å². The van der Waals surface area contributed by atoms with E-state index in [0.717, 1.165) is 0 Å². The van der Waals surface area contributed by atoms with Crippen LogP contribution in [0.5, 0.6) is 0 Å². The molecular formula is C9H13N2PS2. The number of terminal acetylenes is 2. The van der Waals surface area contributed by atoms with Crippen LogP contribution < -0.4 is 0 Å². The maximum atomic E-state index is 5.64. The molecule has 1 aliphatic rings. The quantitative estimate of drug-likeness (QED) is 0.508. The van der Waals surface area contributed by atoms with Crippen LogP contribution in [0.4, 0.5) is 0 Å². The summed E-state index contributed by atoms with van der Waals surface area (Å²) in [5, 5.41) is 0.0261. The molecule has 0 bridgehead atoms. The van der Waals surface area contributed by atoms with Crippen LogP contribution in [0.1, 0.15) is 0 Å². The third-order valence-corrected chi connectivity index (χ3v) is 10.9. The van der Waals surface area contributed by atoms with Crippen molar-refractivity contribution in [3.63, 3.8) is 0 Å². The first-order valence-corrected chi connectivity index (χ1v) is 8.28. The van der Waals surface area contributed by atoms with Gasteiger partial charge in [0.05, 0.1) is 11.3 Å². The van der Waals surface area contributed by atoms with Gasteiger partial charge in [0.15, 0.2) is 0 Å². The molecule has 1 aliphatic heterocycles. The van der Waals surface area contributed by atoms with Gasteiger partial charge in [-0.2, -0.15) is 0 Å². The lowest BCUT2D eigenvalue weighted by molar-refractivity contribution is 0.475. The molecule has 0 aromatic rings. The second kappa shape index (κ2) is 4.27. The number of nitrogens with zero attached hydrogens (tertiary/aromatic N) is 2. The highest BCUT2D eigenvalue weighted by Gasteiger charge is 2.44. The van der Waals surface area contributed by atoms with Gasteiger partial charge < -0.3 is 0 Å². The Morgan fingerprint density at radius 3 is 2.29 bits per heavy atom. The third kappa shape index (κ3) is 1.74. The van der Waals surface area contributed by atoms with Crippen molar-refractivity contribution in [1.29, 1.82) is 0 Å². The summed E-state index contributed by atoms with van der Waals surface area (Å²) >= 11 is 7.30. The molecule has 0 spiro atoms. The van der Waals surface area contributed by atoms with Gasteiger partial charge in [-0.25, -0.2) is 4.67 Å². The molecule has 5 heteroatoms. The molecule has 0 radical (unpaired) electrons. The first-order chi connectivity index (χ1) is 6.47. The highest BCUT2D eigenvalue weighted by atomic mass is 32.9. The highest BCUT2D eigenvalue weighted by Crippen LogP contribution is 2.70. The minimum Gasteiger partial charge on any atom is -0.262 e. The van der Waals surface area contributed by atoms with Crippen molar-refractivity contribution < 1.29 is 0 Å². The van der Waals surface area contributed by atoms with E-state index < -0.39 is 5.54 Å². The Balaban J connectivity index is 3.06. The van der Waals surface area contributed by atoms with E-state index in [9.17, 15) is 0 Å². The third-order valence-electron chi connectivity index (χ3n) is 2.18. The second-order valence-electron chi connectivity index (χ2n) is 3.22. The van der Waals surface area contributed by atoms with Gasteiger partial charge in [0, 0.05) is 0 Å². The van der Waals surface area contributed by atoms with Crippen LogP contribution in [0.15, 0.2) is 0 Å². The van der Waals surface area contributed by atoms with E-state index in [1.165, 1.54) is 0 Å². The average Bonchev–Trinajstić information content (AvgIpc) is 2.40. The fourth-order valence-electron chi connectivity index (χ4n) is 1.33. The predicted octanol–water partition coefficient (Wildman–Crippen LogP) is 1.45. The molecule has 0 amide bonds. The first kappa shape index (κ1) is 12.1. The van der Waals surface area contributed by atoms with Crippen LogP contribution in [-0.4, -0.2) is 41.8 Å². The molecule has 2 nitrogen and oxygen atoms in total. The van der Waals surface area contributed by atoms with Crippen molar-refractivity contribution in [3.05, 3.63) is 0 Å². The van der Waals surface area contributed by atoms with E-state index >= 15 is 0 Å². The Kier molecular flexibility index (Phi) is 3.69. The van der Waals surface area contributed by atoms with Gasteiger partial charge in [0.1, 0.15) is 5.54 Å². The lowest BCUT2D eigenvalue weighted by Crippen LogP contribution is -2.30. The van der Waals surface area contributed by atoms with Gasteiger partial charge in [0.25, 0.3) is 0 Å². The van der Waals surface area contributed by atoms with E-state index in [4.69, 9.17) is 24.7 Å². The molecular weight excluding hydrogens is 231 g/mol. The van der Waals surface area contributed by atoms with E-state index in [-0.39, 0.29) is 11.3 Å². The summed E-state index contributed by atoms with van der Waals surface area (Å²) in [6.45, 7) is 0. The van der Waals surface area contributed by atoms with Crippen molar-refractivity contribution >= 4 is 28.7 Å². The molecule has 14 heavy (non-hydrogen) atoms. The van der Waals surface area contributed by atoms with Crippen molar-refractivity contribution in [3.8, 4) is 24.7 Å². The van der Waals surface area contributed by atoms with Crippen LogP contribution in [0, 0.1) is 24.7 Å². The topological polar surface area (TPSA) is 6.48 Å². The van der Waals surface area contributed by atoms with Gasteiger partial charge in [-0.05, 0) is 21.1 Å². The molecule has 0 aromatic carbocycles. The summed E-state index contributed by atoms with van der Waals surface area (Å²) in [5.41, 5.74) is -1.75. The number of rotatable bonds is 1. The highest BCUT2D eigenvalue weighted by molar-refractivity contribution is 8.70. The van der Waals surface area contributed by atoms with Crippen molar-refractivity contribution in [1.82, 2.24) is 9.34 Å². The molecule has 3 unspecified atom stereocenters. The van der Waals surface area contributed by atoms with Crippen molar-refractivity contribution in [2.75, 3.05) is 21.1 Å². The number of hydrogen-bond donors (Lipinski definition) is 0. The lowest BCUT2D eigenvalue weighted by Gasteiger charge is -2.30. The Bertz CT molecular complexity index is 353. The molecule has 1 heterocycles. The molecule has 76 valence electrons. The van der Waals surface area contributed by atoms with Crippen LogP contribution in [0.25, 0.3) is 0 Å². The van der Waals surface area contributed by atoms with Crippen LogP contribution in [0.3, 0.4) is 0 Å². The summed E-state index contributed by atoms with van der Waals surface area (Å²) in [6.07, 6.45) is 10.9. The summed E-state index contributed by atoms with van der Waals surface area (Å²) < 4.78 is 4.15. The molecule has 0 saturated carbocycles. The molecule has 1 saturated heterocycles. The Morgan fingerprint density at radius 1 is 1.43 bits per heavy atom. The monoisotopic (exact) mass is 244 g/mol. The maximum absolute atomic E-state index is 5.64. The minimum absolute atomic E-state index is 0.0261. The zero-order valence-corrected chi connectivity index (χ0v) is 11.0. The van der Waals surface area contributed by atoms with Crippen LogP contribution >= 0.6 is 16.9 Å². The summed E-state index contributed by atoms with van der Waals surface area (Å²) in [6, 6.07) is -0.0294. The number of hydrogen-bond acceptors (Lipinski definition) is 2. The Hall–Kier alpha value is 0.0400. The zero-order valence-electron chi connectivity index (χ0n) is 8.47. The van der Waals surface area contributed by atoms with E-state index in [2.05, 4.69) is 21.2 Å². The average molecular weight is 244 g/mol. The summed E-state index contributed by atoms with van der Waals surface area (Å²) in [5.74, 6) is 5.44. The van der Waals surface area contributed by atoms with Gasteiger partial charge in [-0.1, -0.05) is 35.0 Å². The first-order valence-electron chi connectivity index (χ1n) is 4.09. The van der Waals surface area contributed by atoms with Gasteiger partial charge in [0.2, 0.25) is 0 Å². The van der Waals surface area contributed by atoms with Gasteiger partial charge in [-0.15, -0.1) is 12.8 Å². The molecule has 0 aliphatic carbocycles. The Labute approximate surface area is 95.3 Å². The zero-order chi connectivity index (χ0) is 10.9. The normalized spacial score (nSPS) is 38.1. The standard InChI is InChI=1S/C9H13N2PS2/c1-6-8-9(7-2)14-12(13,10(3)4)11(8)5/h1-2,8-9H,3-5H3. The van der Waals surface area contributed by atoms with Crippen LogP contribution in [0.2, 0.25) is 0 Å². The minimum atomic E-state index is -1.75.